The van der Waals surface area contributed by atoms with Crippen molar-refractivity contribution in [1.29, 1.82) is 0 Å². The van der Waals surface area contributed by atoms with E-state index in [9.17, 15) is 9.59 Å². The molecule has 5 aliphatic rings. The van der Waals surface area contributed by atoms with Gasteiger partial charge in [-0.3, -0.25) is 4.79 Å². The van der Waals surface area contributed by atoms with Gasteiger partial charge in [0.1, 0.15) is 24.6 Å². The summed E-state index contributed by atoms with van der Waals surface area (Å²) in [6, 6.07) is 10.3. The SMILES string of the molecule is CCC(C)(C)C(=O)c1ccc(C(=O)OC)c(C2=c3cc4c5c(c3Oc3c2cc2c6c3CCCN6CCC2)CCC[N+]=5CCC4)c1. The lowest BCUT2D eigenvalue weighted by Crippen LogP contribution is -2.45. The van der Waals surface area contributed by atoms with Crippen LogP contribution in [0.5, 0.6) is 11.5 Å². The van der Waals surface area contributed by atoms with Crippen LogP contribution in [0.25, 0.3) is 5.57 Å². The number of fused-ring (bicyclic) bond motifs is 4. The Morgan fingerprint density at radius 3 is 2.40 bits per heavy atom. The summed E-state index contributed by atoms with van der Waals surface area (Å²) >= 11 is 0. The van der Waals surface area contributed by atoms with Crippen molar-refractivity contribution in [3.63, 3.8) is 0 Å². The molecule has 0 atom stereocenters. The van der Waals surface area contributed by atoms with Gasteiger partial charge in [0.25, 0.3) is 0 Å². The van der Waals surface area contributed by atoms with Crippen molar-refractivity contribution in [3.8, 4) is 11.5 Å². The summed E-state index contributed by atoms with van der Waals surface area (Å²) in [5.41, 5.74) is 10.1. The maximum atomic E-state index is 13.9. The molecule has 6 heteroatoms. The van der Waals surface area contributed by atoms with Crippen LogP contribution in [0.3, 0.4) is 0 Å². The highest BCUT2D eigenvalue weighted by Crippen LogP contribution is 2.49. The van der Waals surface area contributed by atoms with Crippen LogP contribution in [0.1, 0.15) is 107 Å². The van der Waals surface area contributed by atoms with Gasteiger partial charge in [-0.05, 0) is 80.3 Å². The van der Waals surface area contributed by atoms with Crippen molar-refractivity contribution in [3.05, 3.63) is 85.4 Å². The second-order valence-corrected chi connectivity index (χ2v) is 14.2. The molecule has 0 N–H and O–H groups in total. The molecule has 0 amide bonds. The average molecular weight is 604 g/mol. The van der Waals surface area contributed by atoms with E-state index in [0.717, 1.165) is 117 Å². The van der Waals surface area contributed by atoms with Gasteiger partial charge in [-0.25, -0.2) is 9.37 Å². The molecule has 3 aromatic rings. The normalized spacial score (nSPS) is 17.9. The van der Waals surface area contributed by atoms with Crippen molar-refractivity contribution in [1.82, 2.24) is 4.58 Å². The van der Waals surface area contributed by atoms with Gasteiger partial charge in [-0.2, -0.15) is 0 Å². The number of methoxy groups -OCH3 is 1. The van der Waals surface area contributed by atoms with E-state index in [0.29, 0.717) is 11.1 Å². The molecule has 3 aromatic carbocycles. The number of hydrogen-bond donors (Lipinski definition) is 0. The van der Waals surface area contributed by atoms with Crippen LogP contribution in [0.2, 0.25) is 0 Å². The maximum absolute atomic E-state index is 13.9. The summed E-state index contributed by atoms with van der Waals surface area (Å²) < 4.78 is 15.1. The molecule has 0 aliphatic carbocycles. The van der Waals surface area contributed by atoms with Gasteiger partial charge in [0.05, 0.1) is 18.2 Å². The monoisotopic (exact) mass is 603 g/mol. The number of esters is 1. The summed E-state index contributed by atoms with van der Waals surface area (Å²) in [6.45, 7) is 10.4. The Labute approximate surface area is 265 Å². The Hall–Kier alpha value is -3.93. The predicted octanol–water partition coefficient (Wildman–Crippen LogP) is 5.53. The Morgan fingerprint density at radius 2 is 1.62 bits per heavy atom. The van der Waals surface area contributed by atoms with E-state index in [4.69, 9.17) is 9.47 Å². The number of benzene rings is 3. The second-order valence-electron chi connectivity index (χ2n) is 14.2. The van der Waals surface area contributed by atoms with Crippen LogP contribution in [0, 0.1) is 5.41 Å². The number of anilines is 1. The van der Waals surface area contributed by atoms with Crippen molar-refractivity contribution in [2.75, 3.05) is 38.2 Å². The Kier molecular flexibility index (Phi) is 6.70. The zero-order valence-electron chi connectivity index (χ0n) is 27.1. The lowest BCUT2D eigenvalue weighted by molar-refractivity contribution is 0.0599. The molecular formula is C39H43N2O4+. The fourth-order valence-electron chi connectivity index (χ4n) is 8.54. The Bertz CT molecular complexity index is 1930. The number of hydrogen-bond acceptors (Lipinski definition) is 5. The molecular weight excluding hydrogens is 560 g/mol. The maximum Gasteiger partial charge on any atom is 0.338 e. The van der Waals surface area contributed by atoms with Crippen LogP contribution in [0.4, 0.5) is 5.69 Å². The first kappa shape index (κ1) is 28.5. The van der Waals surface area contributed by atoms with Gasteiger partial charge in [0.2, 0.25) is 5.36 Å². The summed E-state index contributed by atoms with van der Waals surface area (Å²) in [7, 11) is 1.44. The minimum atomic E-state index is -0.514. The van der Waals surface area contributed by atoms with E-state index in [1.807, 2.05) is 19.9 Å². The predicted molar refractivity (Wildman–Crippen MR) is 176 cm³/mol. The molecule has 0 spiro atoms. The van der Waals surface area contributed by atoms with Crippen LogP contribution in [-0.2, 0) is 30.4 Å². The molecule has 232 valence electrons. The third-order valence-corrected chi connectivity index (χ3v) is 11.1. The van der Waals surface area contributed by atoms with Crippen molar-refractivity contribution >= 4 is 23.0 Å². The van der Waals surface area contributed by atoms with E-state index in [2.05, 4.69) is 28.5 Å². The topological polar surface area (TPSA) is 58.9 Å². The molecule has 45 heavy (non-hydrogen) atoms. The van der Waals surface area contributed by atoms with Crippen molar-refractivity contribution in [2.24, 2.45) is 5.41 Å². The lowest BCUT2D eigenvalue weighted by atomic mass is 9.79. The summed E-state index contributed by atoms with van der Waals surface area (Å²) in [4.78, 5) is 29.9. The van der Waals surface area contributed by atoms with E-state index in [-0.39, 0.29) is 5.78 Å². The highest BCUT2D eigenvalue weighted by molar-refractivity contribution is 6.05. The summed E-state index contributed by atoms with van der Waals surface area (Å²) in [5.74, 6) is 1.57. The Balaban J connectivity index is 1.51. The third-order valence-electron chi connectivity index (χ3n) is 11.1. The van der Waals surface area contributed by atoms with E-state index < -0.39 is 11.4 Å². The number of nitrogens with zero attached hydrogens (tertiary/aromatic N) is 2. The first-order valence-electron chi connectivity index (χ1n) is 17.0. The van der Waals surface area contributed by atoms with Crippen molar-refractivity contribution in [2.45, 2.75) is 78.6 Å². The van der Waals surface area contributed by atoms with Gasteiger partial charge in [-0.15, -0.1) is 0 Å². The molecule has 0 radical (unpaired) electrons. The molecule has 5 heterocycles. The lowest BCUT2D eigenvalue weighted by Gasteiger charge is -2.39. The summed E-state index contributed by atoms with van der Waals surface area (Å²) in [6.07, 6.45) is 9.21. The Morgan fingerprint density at radius 1 is 0.889 bits per heavy atom. The number of aryl methyl sites for hydroxylation is 2. The van der Waals surface area contributed by atoms with Crippen LogP contribution in [0.15, 0.2) is 30.3 Å². The largest absolute Gasteiger partial charge is 0.465 e. The minimum Gasteiger partial charge on any atom is -0.465 e. The zero-order chi connectivity index (χ0) is 31.0. The molecule has 6 nitrogen and oxygen atoms in total. The molecule has 8 rings (SSSR count). The summed E-state index contributed by atoms with van der Waals surface area (Å²) in [5, 5.41) is 2.41. The molecule has 0 fully saturated rings. The van der Waals surface area contributed by atoms with Gasteiger partial charge in [0.15, 0.2) is 5.78 Å². The zero-order valence-corrected chi connectivity index (χ0v) is 27.1. The highest BCUT2D eigenvalue weighted by atomic mass is 16.5. The fourth-order valence-corrected chi connectivity index (χ4v) is 8.54. The van der Waals surface area contributed by atoms with E-state index in [1.165, 1.54) is 40.4 Å². The standard InChI is InChI=1S/C39H43N2O4/c1-5-39(2,3)37(42)25-14-15-26(38(43)44-4)29(22-25)32-30-20-23-10-6-16-40-18-8-12-27(33(23)40)35(30)45-36-28-13-9-19-41-17-7-11-24(34(28)41)21-31(32)36/h14-15,20-22H,5-13,16-19H2,1-4H3/q+1. The smallest absolute Gasteiger partial charge is 0.338 e. The number of Topliss-reactive ketones (excluding diaryl/α,β-unsaturated/α-hetero) is 1. The highest BCUT2D eigenvalue weighted by Gasteiger charge is 2.37. The molecule has 0 aromatic heterocycles. The van der Waals surface area contributed by atoms with E-state index >= 15 is 0 Å². The first-order chi connectivity index (χ1) is 21.8. The van der Waals surface area contributed by atoms with Gasteiger partial charge < -0.3 is 14.4 Å². The molecule has 0 saturated heterocycles. The van der Waals surface area contributed by atoms with Crippen LogP contribution >= 0.6 is 0 Å². The number of rotatable bonds is 5. The van der Waals surface area contributed by atoms with Gasteiger partial charge in [-0.1, -0.05) is 26.8 Å². The van der Waals surface area contributed by atoms with Crippen LogP contribution in [-0.4, -0.2) is 45.0 Å². The molecule has 0 bridgehead atoms. The second kappa shape index (κ2) is 10.6. The fraction of sp³-hybridized carbons (Fsp3) is 0.462. The molecule has 5 aliphatic heterocycles. The third kappa shape index (κ3) is 4.31. The van der Waals surface area contributed by atoms with Crippen molar-refractivity contribution < 1.29 is 19.1 Å². The molecule has 0 unspecified atom stereocenters. The number of carbonyl (C=O) groups is 2. The number of ketones is 1. The molecule has 0 saturated carbocycles. The number of carbonyl (C=O) groups excluding carboxylic acids is 2. The first-order valence-corrected chi connectivity index (χ1v) is 17.0. The quantitative estimate of drug-likeness (QED) is 0.171. The van der Waals surface area contributed by atoms with E-state index in [1.54, 1.807) is 12.1 Å². The van der Waals surface area contributed by atoms with Gasteiger partial charge in [0, 0.05) is 70.1 Å². The van der Waals surface area contributed by atoms with Crippen LogP contribution < -0.4 is 24.8 Å². The minimum absolute atomic E-state index is 0.0862. The average Bonchev–Trinajstić information content (AvgIpc) is 3.07. The van der Waals surface area contributed by atoms with Gasteiger partial charge >= 0.3 is 5.97 Å². The number of ether oxygens (including phenoxy) is 2.